The number of hydrogen-bond donors (Lipinski definition) is 5. The van der Waals surface area contributed by atoms with Gasteiger partial charge in [-0.05, 0) is 24.5 Å². The average Bonchev–Trinajstić information content (AvgIpc) is 2.37. The number of phenolic OH excluding ortho intramolecular Hbond substituents is 3. The molecule has 106 valence electrons. The van der Waals surface area contributed by atoms with Gasteiger partial charge in [-0.2, -0.15) is 0 Å². The number of aromatic hydroxyl groups is 3. The van der Waals surface area contributed by atoms with E-state index in [0.29, 0.717) is 12.0 Å². The molecule has 6 nitrogen and oxygen atoms in total. The molecule has 1 rings (SSSR count). The number of phenols is 3. The van der Waals surface area contributed by atoms with Crippen LogP contribution in [0.5, 0.6) is 17.2 Å². The molecular weight excluding hydrogens is 250 g/mol. The van der Waals surface area contributed by atoms with Crippen molar-refractivity contribution in [3.63, 3.8) is 0 Å². The lowest BCUT2D eigenvalue weighted by Gasteiger charge is -2.14. The molecule has 0 saturated carbocycles. The maximum atomic E-state index is 10.7. The van der Waals surface area contributed by atoms with Crippen LogP contribution in [0.4, 0.5) is 0 Å². The SMILES string of the molecule is CCCCc1cc(CC(N)C(=O)O)c(O)c(O)c1O. The Bertz CT molecular complexity index is 473. The summed E-state index contributed by atoms with van der Waals surface area (Å²) in [5.74, 6) is -2.70. The van der Waals surface area contributed by atoms with Gasteiger partial charge in [0, 0.05) is 12.0 Å². The maximum absolute atomic E-state index is 10.7. The molecule has 0 aromatic heterocycles. The third-order valence-corrected chi connectivity index (χ3v) is 2.96. The molecule has 0 aliphatic carbocycles. The van der Waals surface area contributed by atoms with Crippen molar-refractivity contribution in [2.45, 2.75) is 38.6 Å². The summed E-state index contributed by atoms with van der Waals surface area (Å²) in [6.45, 7) is 1.98. The van der Waals surface area contributed by atoms with Gasteiger partial charge in [-0.1, -0.05) is 13.3 Å². The van der Waals surface area contributed by atoms with Crippen molar-refractivity contribution >= 4 is 5.97 Å². The lowest BCUT2D eigenvalue weighted by molar-refractivity contribution is -0.138. The van der Waals surface area contributed by atoms with E-state index in [4.69, 9.17) is 10.8 Å². The first-order chi connectivity index (χ1) is 8.88. The van der Waals surface area contributed by atoms with Gasteiger partial charge in [0.15, 0.2) is 11.5 Å². The van der Waals surface area contributed by atoms with Crippen LogP contribution in [0.3, 0.4) is 0 Å². The Morgan fingerprint density at radius 2 is 1.79 bits per heavy atom. The predicted octanol–water partition coefficient (Wildman–Crippen LogP) is 1.10. The third-order valence-electron chi connectivity index (χ3n) is 2.96. The minimum atomic E-state index is -1.19. The van der Waals surface area contributed by atoms with E-state index in [1.165, 1.54) is 6.07 Å². The van der Waals surface area contributed by atoms with Gasteiger partial charge in [-0.25, -0.2) is 0 Å². The molecule has 1 unspecified atom stereocenters. The molecule has 0 fully saturated rings. The van der Waals surface area contributed by atoms with Crippen LogP contribution in [0.15, 0.2) is 6.07 Å². The molecule has 0 aliphatic rings. The Kier molecular flexibility index (Phi) is 5.00. The second-order valence-electron chi connectivity index (χ2n) is 4.49. The average molecular weight is 269 g/mol. The summed E-state index contributed by atoms with van der Waals surface area (Å²) in [6, 6.07) is 0.317. The van der Waals surface area contributed by atoms with Crippen molar-refractivity contribution in [1.82, 2.24) is 0 Å². The highest BCUT2D eigenvalue weighted by Crippen LogP contribution is 2.41. The zero-order chi connectivity index (χ0) is 14.6. The minimum absolute atomic E-state index is 0.117. The molecule has 0 spiro atoms. The molecule has 0 saturated heterocycles. The van der Waals surface area contributed by atoms with Gasteiger partial charge in [-0.15, -0.1) is 0 Å². The first kappa shape index (κ1) is 15.1. The highest BCUT2D eigenvalue weighted by Gasteiger charge is 2.20. The van der Waals surface area contributed by atoms with Crippen molar-refractivity contribution in [1.29, 1.82) is 0 Å². The topological polar surface area (TPSA) is 124 Å². The van der Waals surface area contributed by atoms with Gasteiger partial charge in [0.2, 0.25) is 5.75 Å². The van der Waals surface area contributed by atoms with Crippen LogP contribution in [0, 0.1) is 0 Å². The predicted molar refractivity (Wildman–Crippen MR) is 69.4 cm³/mol. The summed E-state index contributed by atoms with van der Waals surface area (Å²) in [5, 5.41) is 37.8. The van der Waals surface area contributed by atoms with Gasteiger partial charge >= 0.3 is 5.97 Å². The quantitative estimate of drug-likeness (QED) is 0.493. The Balaban J connectivity index is 3.10. The smallest absolute Gasteiger partial charge is 0.320 e. The van der Waals surface area contributed by atoms with Crippen molar-refractivity contribution in [2.75, 3.05) is 0 Å². The number of aliphatic carboxylic acids is 1. The molecule has 1 aromatic carbocycles. The second-order valence-corrected chi connectivity index (χ2v) is 4.49. The highest BCUT2D eigenvalue weighted by molar-refractivity contribution is 5.74. The minimum Gasteiger partial charge on any atom is -0.504 e. The van der Waals surface area contributed by atoms with Gasteiger partial charge in [0.25, 0.3) is 0 Å². The van der Waals surface area contributed by atoms with E-state index in [2.05, 4.69) is 0 Å². The molecular formula is C13H19NO5. The van der Waals surface area contributed by atoms with Gasteiger partial charge in [0.1, 0.15) is 6.04 Å². The van der Waals surface area contributed by atoms with Crippen LogP contribution in [-0.2, 0) is 17.6 Å². The first-order valence-electron chi connectivity index (χ1n) is 6.12. The molecule has 0 amide bonds. The summed E-state index contributed by atoms with van der Waals surface area (Å²) in [5.41, 5.74) is 6.10. The number of carboxylic acids is 1. The molecule has 19 heavy (non-hydrogen) atoms. The fourth-order valence-electron chi connectivity index (χ4n) is 1.80. The fourth-order valence-corrected chi connectivity index (χ4v) is 1.80. The summed E-state index contributed by atoms with van der Waals surface area (Å²) in [7, 11) is 0. The van der Waals surface area contributed by atoms with Crippen molar-refractivity contribution in [2.24, 2.45) is 5.73 Å². The number of benzene rings is 1. The van der Waals surface area contributed by atoms with E-state index in [1.807, 2.05) is 6.92 Å². The first-order valence-corrected chi connectivity index (χ1v) is 6.12. The number of aryl methyl sites for hydroxylation is 1. The number of unbranched alkanes of at least 4 members (excludes halogenated alkanes) is 1. The molecule has 1 aromatic rings. The van der Waals surface area contributed by atoms with Crippen LogP contribution in [0.1, 0.15) is 30.9 Å². The van der Waals surface area contributed by atoms with Crippen molar-refractivity contribution < 1.29 is 25.2 Å². The van der Waals surface area contributed by atoms with E-state index in [-0.39, 0.29) is 17.7 Å². The lowest BCUT2D eigenvalue weighted by atomic mass is 9.98. The highest BCUT2D eigenvalue weighted by atomic mass is 16.4. The molecule has 1 atom stereocenters. The van der Waals surface area contributed by atoms with Crippen LogP contribution < -0.4 is 5.73 Å². The fraction of sp³-hybridized carbons (Fsp3) is 0.462. The molecule has 6 N–H and O–H groups in total. The molecule has 0 aliphatic heterocycles. The largest absolute Gasteiger partial charge is 0.504 e. The monoisotopic (exact) mass is 269 g/mol. The molecule has 0 heterocycles. The van der Waals surface area contributed by atoms with E-state index in [9.17, 15) is 20.1 Å². The summed E-state index contributed by atoms with van der Waals surface area (Å²) < 4.78 is 0. The van der Waals surface area contributed by atoms with Crippen LogP contribution in [-0.4, -0.2) is 32.4 Å². The summed E-state index contributed by atoms with van der Waals surface area (Å²) in [6.07, 6.45) is 2.13. The molecule has 0 radical (unpaired) electrons. The van der Waals surface area contributed by atoms with E-state index >= 15 is 0 Å². The molecule has 0 bridgehead atoms. The zero-order valence-corrected chi connectivity index (χ0v) is 10.8. The van der Waals surface area contributed by atoms with E-state index < -0.39 is 23.5 Å². The normalized spacial score (nSPS) is 12.3. The van der Waals surface area contributed by atoms with Crippen LogP contribution >= 0.6 is 0 Å². The summed E-state index contributed by atoms with van der Waals surface area (Å²) >= 11 is 0. The Morgan fingerprint density at radius 3 is 2.32 bits per heavy atom. The van der Waals surface area contributed by atoms with E-state index in [1.54, 1.807) is 0 Å². The van der Waals surface area contributed by atoms with Crippen LogP contribution in [0.25, 0.3) is 0 Å². The summed E-state index contributed by atoms with van der Waals surface area (Å²) in [4.78, 5) is 10.7. The Hall–Kier alpha value is -1.95. The van der Waals surface area contributed by atoms with Gasteiger partial charge < -0.3 is 26.2 Å². The van der Waals surface area contributed by atoms with Crippen molar-refractivity contribution in [3.05, 3.63) is 17.2 Å². The second kappa shape index (κ2) is 6.29. The Labute approximate surface area is 111 Å². The number of hydrogen-bond acceptors (Lipinski definition) is 5. The van der Waals surface area contributed by atoms with E-state index in [0.717, 1.165) is 12.8 Å². The Morgan fingerprint density at radius 1 is 1.21 bits per heavy atom. The van der Waals surface area contributed by atoms with Gasteiger partial charge in [-0.3, -0.25) is 4.79 Å². The molecule has 6 heteroatoms. The number of carboxylic acid groups (broad SMARTS) is 1. The van der Waals surface area contributed by atoms with Gasteiger partial charge in [0.05, 0.1) is 0 Å². The number of rotatable bonds is 6. The maximum Gasteiger partial charge on any atom is 0.320 e. The number of carbonyl (C=O) groups is 1. The lowest BCUT2D eigenvalue weighted by Crippen LogP contribution is -2.32. The standard InChI is InChI=1S/C13H19NO5/c1-2-3-4-7-5-8(6-9(14)13(18)19)11(16)12(17)10(7)15/h5,9,15-17H,2-4,6,14H2,1H3,(H,18,19). The third kappa shape index (κ3) is 3.51. The van der Waals surface area contributed by atoms with Crippen LogP contribution in [0.2, 0.25) is 0 Å². The van der Waals surface area contributed by atoms with Crippen molar-refractivity contribution in [3.8, 4) is 17.2 Å². The zero-order valence-electron chi connectivity index (χ0n) is 10.8. The number of nitrogens with two attached hydrogens (primary N) is 1.